The lowest BCUT2D eigenvalue weighted by Gasteiger charge is -2.03. The number of aromatic nitrogens is 3. The molecule has 0 radical (unpaired) electrons. The number of H-pyrrole nitrogens is 1. The third-order valence-corrected chi connectivity index (χ3v) is 5.03. The van der Waals surface area contributed by atoms with Gasteiger partial charge in [0.15, 0.2) is 5.82 Å². The molecule has 0 aliphatic rings. The smallest absolute Gasteiger partial charge is 0.153 e. The van der Waals surface area contributed by atoms with Crippen molar-refractivity contribution in [3.05, 3.63) is 38.2 Å². The van der Waals surface area contributed by atoms with E-state index in [1.165, 1.54) is 0 Å². The highest BCUT2D eigenvalue weighted by molar-refractivity contribution is 9.12. The number of pyridine rings is 1. The number of hydrogen-bond donors (Lipinski definition) is 2. The maximum Gasteiger partial charge on any atom is 0.153 e. The van der Waals surface area contributed by atoms with E-state index < -0.39 is 0 Å². The summed E-state index contributed by atoms with van der Waals surface area (Å²) in [6.45, 7) is 0. The molecule has 3 aromatic heterocycles. The Morgan fingerprint density at radius 2 is 1.95 bits per heavy atom. The maximum atomic E-state index is 5.98. The second-order valence-electron chi connectivity index (χ2n) is 3.83. The molecule has 96 valence electrons. The number of thiophene rings is 1. The average Bonchev–Trinajstić information content (AvgIpc) is 2.93. The van der Waals surface area contributed by atoms with Gasteiger partial charge in [-0.2, -0.15) is 5.10 Å². The Labute approximate surface area is 130 Å². The molecule has 7 heteroatoms. The van der Waals surface area contributed by atoms with Crippen LogP contribution in [0, 0.1) is 0 Å². The number of nitrogen functional groups attached to an aromatic ring is 1. The molecule has 0 amide bonds. The van der Waals surface area contributed by atoms with Gasteiger partial charge in [0.25, 0.3) is 0 Å². The molecule has 3 aromatic rings. The van der Waals surface area contributed by atoms with Crippen LogP contribution in [-0.2, 0) is 0 Å². The molecule has 0 aliphatic carbocycles. The fourth-order valence-corrected chi connectivity index (χ4v) is 4.69. The molecule has 4 nitrogen and oxygen atoms in total. The zero-order valence-corrected chi connectivity index (χ0v) is 13.5. The summed E-state index contributed by atoms with van der Waals surface area (Å²) in [5.41, 5.74) is 9.80. The Hall–Kier alpha value is -1.18. The van der Waals surface area contributed by atoms with E-state index >= 15 is 0 Å². The predicted molar refractivity (Wildman–Crippen MR) is 84.9 cm³/mol. The van der Waals surface area contributed by atoms with Crippen molar-refractivity contribution in [3.8, 4) is 22.4 Å². The second kappa shape index (κ2) is 5.07. The number of nitrogens with zero attached hydrogens (tertiary/aromatic N) is 2. The average molecular weight is 400 g/mol. The van der Waals surface area contributed by atoms with Crippen molar-refractivity contribution in [1.29, 1.82) is 0 Å². The Kier molecular flexibility index (Phi) is 3.42. The van der Waals surface area contributed by atoms with Crippen molar-refractivity contribution in [2.45, 2.75) is 0 Å². The predicted octanol–water partition coefficient (Wildman–Crippen LogP) is 4.31. The fraction of sp³-hybridized carbons (Fsp3) is 0. The molecule has 19 heavy (non-hydrogen) atoms. The molecule has 3 N–H and O–H groups in total. The first-order chi connectivity index (χ1) is 9.16. The molecule has 3 rings (SSSR count). The molecule has 0 atom stereocenters. The number of aromatic amines is 1. The van der Waals surface area contributed by atoms with Crippen LogP contribution < -0.4 is 5.73 Å². The third kappa shape index (κ3) is 2.33. The van der Waals surface area contributed by atoms with Crippen LogP contribution in [0.25, 0.3) is 22.4 Å². The lowest BCUT2D eigenvalue weighted by atomic mass is 10.0. The van der Waals surface area contributed by atoms with E-state index in [0.29, 0.717) is 5.82 Å². The van der Waals surface area contributed by atoms with E-state index in [4.69, 9.17) is 5.73 Å². The largest absolute Gasteiger partial charge is 0.382 e. The van der Waals surface area contributed by atoms with Crippen molar-refractivity contribution >= 4 is 49.0 Å². The Balaban J connectivity index is 2.22. The van der Waals surface area contributed by atoms with Gasteiger partial charge in [0, 0.05) is 18.0 Å². The zero-order valence-electron chi connectivity index (χ0n) is 9.52. The quantitative estimate of drug-likeness (QED) is 0.674. The van der Waals surface area contributed by atoms with Crippen LogP contribution in [0.1, 0.15) is 0 Å². The van der Waals surface area contributed by atoms with Gasteiger partial charge in [-0.25, -0.2) is 0 Å². The van der Waals surface area contributed by atoms with E-state index in [2.05, 4.69) is 47.0 Å². The molecule has 0 spiro atoms. The van der Waals surface area contributed by atoms with Crippen molar-refractivity contribution in [2.75, 3.05) is 5.73 Å². The SMILES string of the molecule is Nc1n[nH]c(-c2cc(Br)sc2Br)c1-c1ccncc1. The summed E-state index contributed by atoms with van der Waals surface area (Å²) in [4.78, 5) is 4.02. The van der Waals surface area contributed by atoms with Crippen LogP contribution in [0.3, 0.4) is 0 Å². The first kappa shape index (κ1) is 12.8. The van der Waals surface area contributed by atoms with Crippen LogP contribution in [0.5, 0.6) is 0 Å². The molecule has 0 saturated heterocycles. The summed E-state index contributed by atoms with van der Waals surface area (Å²) in [6.07, 6.45) is 3.48. The van der Waals surface area contributed by atoms with E-state index in [9.17, 15) is 0 Å². The summed E-state index contributed by atoms with van der Waals surface area (Å²) in [5.74, 6) is 0.482. The number of rotatable bonds is 2. The summed E-state index contributed by atoms with van der Waals surface area (Å²) in [7, 11) is 0. The fourth-order valence-electron chi connectivity index (χ4n) is 1.87. The first-order valence-electron chi connectivity index (χ1n) is 5.36. The van der Waals surface area contributed by atoms with Crippen LogP contribution in [0.2, 0.25) is 0 Å². The van der Waals surface area contributed by atoms with Crippen molar-refractivity contribution < 1.29 is 0 Å². The van der Waals surface area contributed by atoms with Gasteiger partial charge in [0.2, 0.25) is 0 Å². The summed E-state index contributed by atoms with van der Waals surface area (Å²) >= 11 is 8.65. The van der Waals surface area contributed by atoms with Gasteiger partial charge in [-0.3, -0.25) is 10.1 Å². The highest BCUT2D eigenvalue weighted by Crippen LogP contribution is 2.42. The monoisotopic (exact) mass is 398 g/mol. The molecule has 3 heterocycles. The molecule has 0 unspecified atom stereocenters. The topological polar surface area (TPSA) is 67.6 Å². The van der Waals surface area contributed by atoms with Gasteiger partial charge < -0.3 is 5.73 Å². The van der Waals surface area contributed by atoms with Gasteiger partial charge >= 0.3 is 0 Å². The summed E-state index contributed by atoms with van der Waals surface area (Å²) in [5, 5.41) is 7.12. The molecule has 0 saturated carbocycles. The first-order valence-corrected chi connectivity index (χ1v) is 7.76. The molecule has 0 fully saturated rings. The Morgan fingerprint density at radius 3 is 2.58 bits per heavy atom. The molecule has 0 aromatic carbocycles. The maximum absolute atomic E-state index is 5.98. The molecular formula is C12H8Br2N4S. The third-order valence-electron chi connectivity index (χ3n) is 2.69. The molecular weight excluding hydrogens is 392 g/mol. The van der Waals surface area contributed by atoms with Crippen molar-refractivity contribution in [1.82, 2.24) is 15.2 Å². The van der Waals surface area contributed by atoms with Gasteiger partial charge in [0.1, 0.15) is 0 Å². The summed E-state index contributed by atoms with van der Waals surface area (Å²) < 4.78 is 2.07. The minimum Gasteiger partial charge on any atom is -0.382 e. The Morgan fingerprint density at radius 1 is 1.21 bits per heavy atom. The van der Waals surface area contributed by atoms with Gasteiger partial charge in [-0.05, 0) is 55.6 Å². The van der Waals surface area contributed by atoms with Crippen molar-refractivity contribution in [3.63, 3.8) is 0 Å². The highest BCUT2D eigenvalue weighted by Gasteiger charge is 2.18. The second-order valence-corrected chi connectivity index (χ2v) is 7.58. The lowest BCUT2D eigenvalue weighted by molar-refractivity contribution is 1.10. The van der Waals surface area contributed by atoms with E-state index in [1.807, 2.05) is 18.2 Å². The van der Waals surface area contributed by atoms with E-state index in [0.717, 1.165) is 30.0 Å². The standard InChI is InChI=1S/C12H8Br2N4S/c13-8-5-7(11(14)19-8)10-9(12(15)18-17-10)6-1-3-16-4-2-6/h1-5H,(H3,15,17,18). The number of hydrogen-bond acceptors (Lipinski definition) is 4. The molecule has 0 aliphatic heterocycles. The minimum atomic E-state index is 0.482. The van der Waals surface area contributed by atoms with Crippen LogP contribution in [0.15, 0.2) is 38.2 Å². The molecule has 0 bridgehead atoms. The minimum absolute atomic E-state index is 0.482. The van der Waals surface area contributed by atoms with Crippen molar-refractivity contribution in [2.24, 2.45) is 0 Å². The summed E-state index contributed by atoms with van der Waals surface area (Å²) in [6, 6.07) is 5.87. The van der Waals surface area contributed by atoms with E-state index in [-0.39, 0.29) is 0 Å². The van der Waals surface area contributed by atoms with Crippen LogP contribution in [0.4, 0.5) is 5.82 Å². The highest BCUT2D eigenvalue weighted by atomic mass is 79.9. The number of nitrogens with two attached hydrogens (primary N) is 1. The van der Waals surface area contributed by atoms with Gasteiger partial charge in [-0.15, -0.1) is 11.3 Å². The van der Waals surface area contributed by atoms with Gasteiger partial charge in [-0.1, -0.05) is 0 Å². The number of halogens is 2. The lowest BCUT2D eigenvalue weighted by Crippen LogP contribution is -1.88. The Bertz CT molecular complexity index is 721. The van der Waals surface area contributed by atoms with E-state index in [1.54, 1.807) is 23.7 Å². The van der Waals surface area contributed by atoms with Crippen LogP contribution >= 0.6 is 43.2 Å². The van der Waals surface area contributed by atoms with Crippen LogP contribution in [-0.4, -0.2) is 15.2 Å². The number of anilines is 1. The zero-order chi connectivity index (χ0) is 13.4. The van der Waals surface area contributed by atoms with Gasteiger partial charge in [0.05, 0.1) is 18.8 Å². The number of nitrogens with one attached hydrogen (secondary N) is 1. The normalized spacial score (nSPS) is 10.8.